The van der Waals surface area contributed by atoms with Crippen LogP contribution in [0.3, 0.4) is 0 Å². The van der Waals surface area contributed by atoms with Crippen LogP contribution in [0.25, 0.3) is 0 Å². The fraction of sp³-hybridized carbons (Fsp3) is 0.133. The topological polar surface area (TPSA) is 98.9 Å². The SMILES string of the molecule is O=[N+]([O-])[C@H](/C=N\OCc1c(F)cccc1Cl)S(=O)(=O)c1ccccc1. The number of hydrogen-bond donors (Lipinski definition) is 0. The van der Waals surface area contributed by atoms with Crippen molar-refractivity contribution >= 4 is 27.7 Å². The first-order valence-electron chi connectivity index (χ1n) is 6.85. The van der Waals surface area contributed by atoms with Gasteiger partial charge >= 0.3 is 5.37 Å². The number of halogens is 2. The van der Waals surface area contributed by atoms with Gasteiger partial charge in [0.05, 0.1) is 9.92 Å². The smallest absolute Gasteiger partial charge is 0.352 e. The maximum Gasteiger partial charge on any atom is 0.352 e. The van der Waals surface area contributed by atoms with Gasteiger partial charge in [-0.1, -0.05) is 41.0 Å². The Morgan fingerprint density at radius 1 is 1.24 bits per heavy atom. The van der Waals surface area contributed by atoms with E-state index in [4.69, 9.17) is 16.4 Å². The lowest BCUT2D eigenvalue weighted by Gasteiger charge is -2.07. The Bertz CT molecular complexity index is 870. The van der Waals surface area contributed by atoms with Crippen LogP contribution in [-0.4, -0.2) is 24.9 Å². The van der Waals surface area contributed by atoms with E-state index in [-0.39, 0.29) is 15.5 Å². The zero-order chi connectivity index (χ0) is 18.4. The highest BCUT2D eigenvalue weighted by molar-refractivity contribution is 7.92. The number of nitrogens with zero attached hydrogens (tertiary/aromatic N) is 2. The molecule has 0 aliphatic heterocycles. The van der Waals surface area contributed by atoms with E-state index < -0.39 is 32.6 Å². The predicted molar refractivity (Wildman–Crippen MR) is 89.1 cm³/mol. The molecular weight excluding hydrogens is 375 g/mol. The van der Waals surface area contributed by atoms with Crippen LogP contribution in [-0.2, 0) is 21.3 Å². The van der Waals surface area contributed by atoms with Crippen molar-refractivity contribution in [3.05, 3.63) is 75.0 Å². The molecule has 0 bridgehead atoms. The highest BCUT2D eigenvalue weighted by atomic mass is 35.5. The maximum atomic E-state index is 13.6. The highest BCUT2D eigenvalue weighted by Gasteiger charge is 2.36. The molecule has 0 heterocycles. The molecule has 0 unspecified atom stereocenters. The van der Waals surface area contributed by atoms with Gasteiger partial charge in [-0.3, -0.25) is 10.1 Å². The third-order valence-corrected chi connectivity index (χ3v) is 5.34. The Morgan fingerprint density at radius 3 is 2.52 bits per heavy atom. The molecule has 0 fully saturated rings. The third kappa shape index (κ3) is 4.52. The summed E-state index contributed by atoms with van der Waals surface area (Å²) >= 11 is 5.80. The number of nitro groups is 1. The summed E-state index contributed by atoms with van der Waals surface area (Å²) in [5.74, 6) is -0.634. The largest absolute Gasteiger partial charge is 0.391 e. The fourth-order valence-electron chi connectivity index (χ4n) is 1.86. The Morgan fingerprint density at radius 2 is 1.92 bits per heavy atom. The summed E-state index contributed by atoms with van der Waals surface area (Å²) in [5.41, 5.74) is 0.00452. The summed E-state index contributed by atoms with van der Waals surface area (Å²) in [6.07, 6.45) is 0.539. The second kappa shape index (κ2) is 8.04. The summed E-state index contributed by atoms with van der Waals surface area (Å²) in [5, 5.41) is 12.3. The van der Waals surface area contributed by atoms with Crippen LogP contribution in [0.15, 0.2) is 58.6 Å². The van der Waals surface area contributed by atoms with Gasteiger partial charge in [-0.15, -0.1) is 0 Å². The van der Waals surface area contributed by atoms with Crippen molar-refractivity contribution in [1.29, 1.82) is 0 Å². The van der Waals surface area contributed by atoms with E-state index in [1.165, 1.54) is 36.4 Å². The van der Waals surface area contributed by atoms with Gasteiger partial charge in [0.1, 0.15) is 18.6 Å². The van der Waals surface area contributed by atoms with E-state index in [1.807, 2.05) is 0 Å². The van der Waals surface area contributed by atoms with Crippen LogP contribution < -0.4 is 0 Å². The van der Waals surface area contributed by atoms with Gasteiger partial charge in [0, 0.05) is 10.5 Å². The van der Waals surface area contributed by atoms with Gasteiger partial charge in [0.25, 0.3) is 9.84 Å². The minimum atomic E-state index is -4.29. The van der Waals surface area contributed by atoms with Gasteiger partial charge in [0.15, 0.2) is 0 Å². The average molecular weight is 387 g/mol. The van der Waals surface area contributed by atoms with Crippen molar-refractivity contribution in [1.82, 2.24) is 0 Å². The first-order valence-corrected chi connectivity index (χ1v) is 8.77. The number of rotatable bonds is 7. The molecule has 0 N–H and O–H groups in total. The number of sulfone groups is 1. The molecule has 0 aliphatic carbocycles. The van der Waals surface area contributed by atoms with Crippen LogP contribution in [0, 0.1) is 15.9 Å². The molecule has 25 heavy (non-hydrogen) atoms. The molecule has 0 aliphatic rings. The molecule has 0 saturated carbocycles. The molecule has 132 valence electrons. The van der Waals surface area contributed by atoms with E-state index in [0.717, 1.165) is 6.07 Å². The molecule has 2 aromatic carbocycles. The first-order chi connectivity index (χ1) is 11.8. The van der Waals surface area contributed by atoms with Crippen LogP contribution in [0.5, 0.6) is 0 Å². The lowest BCUT2D eigenvalue weighted by molar-refractivity contribution is -0.478. The van der Waals surface area contributed by atoms with E-state index in [1.54, 1.807) is 6.07 Å². The second-order valence-electron chi connectivity index (χ2n) is 4.76. The van der Waals surface area contributed by atoms with Crippen molar-refractivity contribution in [2.24, 2.45) is 5.16 Å². The van der Waals surface area contributed by atoms with Crippen molar-refractivity contribution in [3.8, 4) is 0 Å². The number of hydrogen-bond acceptors (Lipinski definition) is 6. The van der Waals surface area contributed by atoms with E-state index in [2.05, 4.69) is 5.16 Å². The Kier molecular flexibility index (Phi) is 6.05. The summed E-state index contributed by atoms with van der Waals surface area (Å²) in [6, 6.07) is 10.9. The summed E-state index contributed by atoms with van der Waals surface area (Å²) in [6.45, 7) is -0.405. The molecule has 7 nitrogen and oxygen atoms in total. The molecule has 0 aromatic heterocycles. The molecule has 0 amide bonds. The van der Waals surface area contributed by atoms with Crippen LogP contribution in [0.1, 0.15) is 5.56 Å². The van der Waals surface area contributed by atoms with Crippen molar-refractivity contribution in [3.63, 3.8) is 0 Å². The van der Waals surface area contributed by atoms with Crippen LogP contribution in [0.2, 0.25) is 5.02 Å². The Hall–Kier alpha value is -2.52. The molecule has 0 saturated heterocycles. The highest BCUT2D eigenvalue weighted by Crippen LogP contribution is 2.20. The van der Waals surface area contributed by atoms with Gasteiger partial charge in [0.2, 0.25) is 0 Å². The third-order valence-electron chi connectivity index (χ3n) is 3.13. The standard InChI is InChI=1S/C15H12ClFN2O5S/c16-13-7-4-8-14(17)12(13)10-24-18-9-15(19(20)21)25(22,23)11-5-2-1-3-6-11/h1-9,15H,10H2/b18-9-/t15-/m0/s1. The maximum absolute atomic E-state index is 13.6. The first kappa shape index (κ1) is 18.8. The predicted octanol–water partition coefficient (Wildman–Crippen LogP) is 3.06. The van der Waals surface area contributed by atoms with Crippen molar-refractivity contribution in [2.45, 2.75) is 16.9 Å². The monoisotopic (exact) mass is 386 g/mol. The molecule has 0 radical (unpaired) electrons. The Labute approximate surface area is 147 Å². The molecule has 2 aromatic rings. The van der Waals surface area contributed by atoms with Crippen molar-refractivity contribution < 1.29 is 22.6 Å². The van der Waals surface area contributed by atoms with Crippen LogP contribution >= 0.6 is 11.6 Å². The zero-order valence-corrected chi connectivity index (χ0v) is 14.2. The molecule has 2 rings (SSSR count). The van der Waals surface area contributed by atoms with E-state index in [0.29, 0.717) is 6.21 Å². The summed E-state index contributed by atoms with van der Waals surface area (Å²) < 4.78 is 38.1. The fourth-order valence-corrected chi connectivity index (χ4v) is 3.33. The van der Waals surface area contributed by atoms with E-state index >= 15 is 0 Å². The quantitative estimate of drug-likeness (QED) is 0.413. The molecule has 1 atom stereocenters. The normalized spacial score (nSPS) is 12.9. The van der Waals surface area contributed by atoms with E-state index in [9.17, 15) is 22.9 Å². The van der Waals surface area contributed by atoms with Gasteiger partial charge in [-0.05, 0) is 24.3 Å². The van der Waals surface area contributed by atoms with Gasteiger partial charge < -0.3 is 4.84 Å². The average Bonchev–Trinajstić information content (AvgIpc) is 2.57. The minimum Gasteiger partial charge on any atom is -0.391 e. The second-order valence-corrected chi connectivity index (χ2v) is 7.21. The summed E-state index contributed by atoms with van der Waals surface area (Å²) in [4.78, 5) is 14.6. The van der Waals surface area contributed by atoms with Crippen LogP contribution in [0.4, 0.5) is 4.39 Å². The number of oxime groups is 1. The lowest BCUT2D eigenvalue weighted by Crippen LogP contribution is -2.31. The van der Waals surface area contributed by atoms with Gasteiger partial charge in [-0.2, -0.15) is 0 Å². The minimum absolute atomic E-state index is 0.00452. The number of benzene rings is 2. The lowest BCUT2D eigenvalue weighted by atomic mass is 10.2. The van der Waals surface area contributed by atoms with Crippen molar-refractivity contribution in [2.75, 3.05) is 0 Å². The Balaban J connectivity index is 2.15. The molecule has 0 spiro atoms. The molecular formula is C15H12ClFN2O5S. The summed E-state index contributed by atoms with van der Waals surface area (Å²) in [7, 11) is -4.29. The molecule has 10 heteroatoms. The zero-order valence-electron chi connectivity index (χ0n) is 12.6. The van der Waals surface area contributed by atoms with Gasteiger partial charge in [-0.25, -0.2) is 12.8 Å².